The molecule has 0 bridgehead atoms. The van der Waals surface area contributed by atoms with E-state index < -0.39 is 11.4 Å². The molecule has 0 spiro atoms. The van der Waals surface area contributed by atoms with Crippen molar-refractivity contribution in [3.05, 3.63) is 50.6 Å². The van der Waals surface area contributed by atoms with Crippen LogP contribution in [0.15, 0.2) is 29.2 Å². The van der Waals surface area contributed by atoms with Crippen molar-refractivity contribution in [2.75, 3.05) is 20.2 Å². The van der Waals surface area contributed by atoms with Gasteiger partial charge in [-0.1, -0.05) is 0 Å². The second-order valence-electron chi connectivity index (χ2n) is 9.47. The van der Waals surface area contributed by atoms with Crippen LogP contribution in [0.4, 0.5) is 0 Å². The lowest BCUT2D eigenvalue weighted by molar-refractivity contribution is 0.0695. The lowest BCUT2D eigenvalue weighted by Crippen LogP contribution is -2.56. The van der Waals surface area contributed by atoms with Crippen LogP contribution in [-0.2, 0) is 6.42 Å². The summed E-state index contributed by atoms with van der Waals surface area (Å²) in [5.41, 5.74) is 8.46. The van der Waals surface area contributed by atoms with Gasteiger partial charge < -0.3 is 20.1 Å². The summed E-state index contributed by atoms with van der Waals surface area (Å²) in [6.07, 6.45) is 6.86. The van der Waals surface area contributed by atoms with Gasteiger partial charge in [0.1, 0.15) is 5.56 Å². The summed E-state index contributed by atoms with van der Waals surface area (Å²) >= 11 is 1.81. The summed E-state index contributed by atoms with van der Waals surface area (Å²) < 4.78 is 7.86. The molecule has 1 aliphatic heterocycles. The first-order valence-corrected chi connectivity index (χ1v) is 12.4. The molecule has 3 N–H and O–H groups in total. The Bertz CT molecular complexity index is 1330. The molecule has 3 heterocycles. The highest BCUT2D eigenvalue weighted by Gasteiger charge is 2.35. The second-order valence-corrected chi connectivity index (χ2v) is 10.6. The fourth-order valence-electron chi connectivity index (χ4n) is 5.46. The number of pyridine rings is 1. The van der Waals surface area contributed by atoms with Crippen molar-refractivity contribution in [2.45, 2.75) is 50.2 Å². The van der Waals surface area contributed by atoms with Gasteiger partial charge >= 0.3 is 5.97 Å². The Morgan fingerprint density at radius 1 is 1.24 bits per heavy atom. The minimum Gasteiger partial charge on any atom is -0.494 e. The molecule has 1 saturated carbocycles. The number of carboxylic acid groups (broad SMARTS) is 1. The number of nitrogens with zero attached hydrogens (tertiary/aromatic N) is 2. The molecule has 7 nitrogen and oxygen atoms in total. The van der Waals surface area contributed by atoms with Gasteiger partial charge in [-0.3, -0.25) is 9.69 Å². The maximum atomic E-state index is 13.0. The van der Waals surface area contributed by atoms with Crippen LogP contribution < -0.4 is 15.9 Å². The lowest BCUT2D eigenvalue weighted by atomic mass is 9.89. The van der Waals surface area contributed by atoms with E-state index in [1.54, 1.807) is 24.5 Å². The van der Waals surface area contributed by atoms with Crippen LogP contribution in [0.1, 0.15) is 58.6 Å². The predicted octanol–water partition coefficient (Wildman–Crippen LogP) is 3.79. The Balaban J connectivity index is 1.52. The van der Waals surface area contributed by atoms with E-state index in [1.807, 2.05) is 10.6 Å². The third kappa shape index (κ3) is 3.31. The van der Waals surface area contributed by atoms with Gasteiger partial charge in [-0.25, -0.2) is 4.79 Å². The molecule has 0 amide bonds. The molecular weight excluding hydrogens is 438 g/mol. The molecule has 1 aromatic carbocycles. The number of rotatable bonds is 5. The van der Waals surface area contributed by atoms with E-state index in [1.165, 1.54) is 23.1 Å². The van der Waals surface area contributed by atoms with Crippen LogP contribution >= 0.6 is 11.3 Å². The molecule has 2 aliphatic carbocycles. The number of benzene rings is 1. The van der Waals surface area contributed by atoms with Crippen molar-refractivity contribution >= 4 is 28.2 Å². The standard InChI is InChI=1S/C25H27N3O4S/c1-32-24-15(21-9-17-19(27-10-13(26)11-27)3-2-4-20(17)33-21)7-8-16-22(24)28(14-5-6-14)12-18(23(16)29)25(30)31/h7-9,12-14,19H,2-6,10-11,26H2,1H3,(H,30,31). The van der Waals surface area contributed by atoms with Crippen molar-refractivity contribution in [3.8, 4) is 16.2 Å². The number of hydrogen-bond donors (Lipinski definition) is 2. The average molecular weight is 466 g/mol. The van der Waals surface area contributed by atoms with Gasteiger partial charge in [0.05, 0.1) is 18.0 Å². The number of aryl methyl sites for hydroxylation is 1. The van der Waals surface area contributed by atoms with Crippen LogP contribution in [0.2, 0.25) is 0 Å². The molecule has 2 fully saturated rings. The smallest absolute Gasteiger partial charge is 0.341 e. The highest BCUT2D eigenvalue weighted by molar-refractivity contribution is 7.15. The van der Waals surface area contributed by atoms with Crippen molar-refractivity contribution in [3.63, 3.8) is 0 Å². The molecule has 1 saturated heterocycles. The van der Waals surface area contributed by atoms with Crippen LogP contribution in [0.5, 0.6) is 5.75 Å². The highest BCUT2D eigenvalue weighted by Crippen LogP contribution is 2.47. The summed E-state index contributed by atoms with van der Waals surface area (Å²) in [6.45, 7) is 1.91. The normalized spacial score (nSPS) is 21.1. The number of thiophene rings is 1. The number of ether oxygens (including phenoxy) is 1. The zero-order valence-electron chi connectivity index (χ0n) is 18.5. The van der Waals surface area contributed by atoms with Crippen molar-refractivity contribution in [1.82, 2.24) is 9.47 Å². The zero-order valence-corrected chi connectivity index (χ0v) is 19.4. The van der Waals surface area contributed by atoms with Gasteiger partial charge in [0.2, 0.25) is 5.43 Å². The summed E-state index contributed by atoms with van der Waals surface area (Å²) in [4.78, 5) is 29.7. The molecule has 172 valence electrons. The largest absolute Gasteiger partial charge is 0.494 e. The van der Waals surface area contributed by atoms with Gasteiger partial charge in [-0.2, -0.15) is 0 Å². The number of aromatic carboxylic acids is 1. The van der Waals surface area contributed by atoms with Crippen LogP contribution in [0, 0.1) is 0 Å². The van der Waals surface area contributed by atoms with Gasteiger partial charge in [0, 0.05) is 52.7 Å². The second kappa shape index (κ2) is 7.68. The molecule has 6 rings (SSSR count). The molecular formula is C25H27N3O4S. The van der Waals surface area contributed by atoms with E-state index in [-0.39, 0.29) is 17.6 Å². The number of aromatic nitrogens is 1. The maximum absolute atomic E-state index is 13.0. The lowest BCUT2D eigenvalue weighted by Gasteiger charge is -2.44. The summed E-state index contributed by atoms with van der Waals surface area (Å²) in [5.74, 6) is -0.545. The van der Waals surface area contributed by atoms with Crippen LogP contribution in [0.3, 0.4) is 0 Å². The molecule has 2 aromatic heterocycles. The van der Waals surface area contributed by atoms with Crippen LogP contribution in [-0.4, -0.2) is 46.8 Å². The predicted molar refractivity (Wildman–Crippen MR) is 129 cm³/mol. The minimum atomic E-state index is -1.19. The number of fused-ring (bicyclic) bond motifs is 2. The first-order valence-electron chi connectivity index (χ1n) is 11.6. The van der Waals surface area contributed by atoms with Gasteiger partial charge in [0.15, 0.2) is 5.75 Å². The maximum Gasteiger partial charge on any atom is 0.341 e. The Morgan fingerprint density at radius 3 is 2.70 bits per heavy atom. The van der Waals surface area contributed by atoms with Crippen molar-refractivity contribution < 1.29 is 14.6 Å². The molecule has 33 heavy (non-hydrogen) atoms. The SMILES string of the molecule is COc1c(-c2cc3c(s2)CCCC3N2CC(N)C2)ccc2c(=O)c(C(=O)O)cn(C3CC3)c12. The molecule has 3 aromatic rings. The van der Waals surface area contributed by atoms with Crippen LogP contribution in [0.25, 0.3) is 21.3 Å². The summed E-state index contributed by atoms with van der Waals surface area (Å²) in [5, 5.41) is 9.96. The molecule has 8 heteroatoms. The fraction of sp³-hybridized carbons (Fsp3) is 0.440. The molecule has 1 atom stereocenters. The van der Waals surface area contributed by atoms with E-state index in [4.69, 9.17) is 10.5 Å². The summed E-state index contributed by atoms with van der Waals surface area (Å²) in [6, 6.07) is 6.88. The van der Waals surface area contributed by atoms with Crippen molar-refractivity contribution in [2.24, 2.45) is 5.73 Å². The van der Waals surface area contributed by atoms with Gasteiger partial charge in [0.25, 0.3) is 0 Å². The molecule has 1 unspecified atom stereocenters. The number of likely N-dealkylation sites (tertiary alicyclic amines) is 1. The van der Waals surface area contributed by atoms with E-state index >= 15 is 0 Å². The first-order chi connectivity index (χ1) is 16.0. The zero-order chi connectivity index (χ0) is 22.9. The van der Waals surface area contributed by atoms with Gasteiger partial charge in [-0.15, -0.1) is 11.3 Å². The summed E-state index contributed by atoms with van der Waals surface area (Å²) in [7, 11) is 1.63. The van der Waals surface area contributed by atoms with E-state index in [9.17, 15) is 14.7 Å². The highest BCUT2D eigenvalue weighted by atomic mass is 32.1. The van der Waals surface area contributed by atoms with Crippen molar-refractivity contribution in [1.29, 1.82) is 0 Å². The van der Waals surface area contributed by atoms with Gasteiger partial charge in [-0.05, 0) is 55.9 Å². The monoisotopic (exact) mass is 465 g/mol. The Morgan fingerprint density at radius 2 is 2.03 bits per heavy atom. The van der Waals surface area contributed by atoms with E-state index in [0.29, 0.717) is 22.7 Å². The third-order valence-corrected chi connectivity index (χ3v) is 8.49. The quantitative estimate of drug-likeness (QED) is 0.595. The number of carbonyl (C=O) groups is 1. The molecule has 3 aliphatic rings. The minimum absolute atomic E-state index is 0.189. The Labute approximate surface area is 195 Å². The fourth-order valence-corrected chi connectivity index (χ4v) is 6.74. The Hall–Kier alpha value is -2.68. The average Bonchev–Trinajstić information content (AvgIpc) is 3.53. The first kappa shape index (κ1) is 20.9. The molecule has 0 radical (unpaired) electrons. The number of methoxy groups -OCH3 is 1. The number of nitrogens with two attached hydrogens (primary N) is 1. The van der Waals surface area contributed by atoms with E-state index in [2.05, 4.69) is 11.0 Å². The Kier molecular flexibility index (Phi) is 4.87. The number of hydrogen-bond acceptors (Lipinski definition) is 6. The topological polar surface area (TPSA) is 97.8 Å². The third-order valence-electron chi connectivity index (χ3n) is 7.25. The number of carboxylic acids is 1. The van der Waals surface area contributed by atoms with E-state index in [0.717, 1.165) is 49.2 Å².